The summed E-state index contributed by atoms with van der Waals surface area (Å²) in [4.78, 5) is 13.4. The van der Waals surface area contributed by atoms with E-state index >= 15 is 0 Å². The van der Waals surface area contributed by atoms with Crippen molar-refractivity contribution < 1.29 is 14.6 Å². The Hall–Kier alpha value is -2.09. The Balaban J connectivity index is 1.59. The maximum Gasteiger partial charge on any atom is 0.348 e. The minimum absolute atomic E-state index is 0.219. The Kier molecular flexibility index (Phi) is 6.71. The first-order valence-corrected chi connectivity index (χ1v) is 10.3. The molecule has 1 aliphatic carbocycles. The molecule has 0 saturated heterocycles. The number of thiophene rings is 1. The summed E-state index contributed by atoms with van der Waals surface area (Å²) < 4.78 is 4.76. The molecule has 1 N–H and O–H groups in total. The maximum absolute atomic E-state index is 11.6. The number of aliphatic hydroxyl groups excluding tert-OH is 1. The standard InChI is InChI=1S/C23H26O3S/c1-16-15-21(24)20(19(16)13-11-17-7-4-3-5-8-17)10-6-9-18-12-14-22(27-18)23(25)26-2/h3-5,7-8,12,14,16,19-21,24H,6,9-10,15H2,1-2H3/t16-,19+,20-,21+/m1/s1. The average molecular weight is 383 g/mol. The van der Waals surface area contributed by atoms with E-state index in [1.807, 2.05) is 42.5 Å². The SMILES string of the molecule is COC(=O)c1ccc(CCC[C@@H]2[C@@H](C#Cc3ccccc3)[C@H](C)C[C@@H]2O)s1. The molecule has 27 heavy (non-hydrogen) atoms. The van der Waals surface area contributed by atoms with Gasteiger partial charge in [-0.3, -0.25) is 0 Å². The molecule has 0 amide bonds. The van der Waals surface area contributed by atoms with Gasteiger partial charge in [-0.05, 0) is 61.8 Å². The van der Waals surface area contributed by atoms with E-state index in [9.17, 15) is 9.90 Å². The van der Waals surface area contributed by atoms with Crippen LogP contribution < -0.4 is 0 Å². The lowest BCUT2D eigenvalue weighted by atomic mass is 9.86. The first-order chi connectivity index (χ1) is 13.1. The third-order valence-corrected chi connectivity index (χ3v) is 6.47. The lowest BCUT2D eigenvalue weighted by molar-refractivity contribution is 0.0606. The fourth-order valence-corrected chi connectivity index (χ4v) is 4.88. The van der Waals surface area contributed by atoms with E-state index in [2.05, 4.69) is 18.8 Å². The van der Waals surface area contributed by atoms with E-state index in [0.717, 1.165) is 31.2 Å². The molecule has 1 saturated carbocycles. The molecule has 2 aromatic rings. The number of aliphatic hydroxyl groups is 1. The van der Waals surface area contributed by atoms with Crippen molar-refractivity contribution in [2.75, 3.05) is 7.11 Å². The van der Waals surface area contributed by atoms with Crippen LogP contribution in [0, 0.1) is 29.6 Å². The summed E-state index contributed by atoms with van der Waals surface area (Å²) in [6.45, 7) is 2.19. The molecule has 1 aromatic heterocycles. The number of hydrogen-bond donors (Lipinski definition) is 1. The van der Waals surface area contributed by atoms with Gasteiger partial charge in [-0.2, -0.15) is 0 Å². The Morgan fingerprint density at radius 1 is 1.26 bits per heavy atom. The zero-order valence-electron chi connectivity index (χ0n) is 15.9. The van der Waals surface area contributed by atoms with Crippen LogP contribution in [0.15, 0.2) is 42.5 Å². The van der Waals surface area contributed by atoms with Gasteiger partial charge in [0.2, 0.25) is 0 Å². The molecule has 0 spiro atoms. The zero-order chi connectivity index (χ0) is 19.2. The van der Waals surface area contributed by atoms with Crippen molar-refractivity contribution >= 4 is 17.3 Å². The summed E-state index contributed by atoms with van der Waals surface area (Å²) in [5, 5.41) is 10.5. The van der Waals surface area contributed by atoms with Crippen molar-refractivity contribution in [1.29, 1.82) is 0 Å². The average Bonchev–Trinajstić information content (AvgIpc) is 3.25. The van der Waals surface area contributed by atoms with Gasteiger partial charge in [0, 0.05) is 16.4 Å². The van der Waals surface area contributed by atoms with Crippen molar-refractivity contribution in [3.05, 3.63) is 57.8 Å². The Morgan fingerprint density at radius 3 is 2.78 bits per heavy atom. The topological polar surface area (TPSA) is 46.5 Å². The third-order valence-electron chi connectivity index (χ3n) is 5.35. The number of rotatable bonds is 5. The highest BCUT2D eigenvalue weighted by atomic mass is 32.1. The Bertz CT molecular complexity index is 815. The van der Waals surface area contributed by atoms with Crippen LogP contribution in [0.2, 0.25) is 0 Å². The minimum Gasteiger partial charge on any atom is -0.465 e. The highest BCUT2D eigenvalue weighted by molar-refractivity contribution is 7.13. The number of methoxy groups -OCH3 is 1. The first kappa shape index (κ1) is 19.7. The molecule has 4 heteroatoms. The van der Waals surface area contributed by atoms with E-state index in [0.29, 0.717) is 10.8 Å². The number of benzene rings is 1. The second kappa shape index (κ2) is 9.21. The molecule has 1 heterocycles. The molecule has 142 valence electrons. The monoisotopic (exact) mass is 382 g/mol. The second-order valence-corrected chi connectivity index (χ2v) is 8.42. The fourth-order valence-electron chi connectivity index (χ4n) is 3.91. The molecule has 0 unspecified atom stereocenters. The van der Waals surface area contributed by atoms with E-state index in [-0.39, 0.29) is 23.9 Å². The number of carbonyl (C=O) groups is 1. The fraction of sp³-hybridized carbons (Fsp3) is 0.435. The van der Waals surface area contributed by atoms with Crippen LogP contribution in [0.25, 0.3) is 0 Å². The van der Waals surface area contributed by atoms with E-state index in [4.69, 9.17) is 4.74 Å². The van der Waals surface area contributed by atoms with Crippen molar-refractivity contribution in [1.82, 2.24) is 0 Å². The van der Waals surface area contributed by atoms with Crippen LogP contribution in [0.4, 0.5) is 0 Å². The molecule has 1 fully saturated rings. The Morgan fingerprint density at radius 2 is 2.04 bits per heavy atom. The van der Waals surface area contributed by atoms with Crippen LogP contribution in [0.3, 0.4) is 0 Å². The highest BCUT2D eigenvalue weighted by Crippen LogP contribution is 2.39. The summed E-state index contributed by atoms with van der Waals surface area (Å²) in [7, 11) is 1.40. The van der Waals surface area contributed by atoms with Gasteiger partial charge in [0.25, 0.3) is 0 Å². The van der Waals surface area contributed by atoms with Crippen molar-refractivity contribution in [3.8, 4) is 11.8 Å². The number of esters is 1. The largest absolute Gasteiger partial charge is 0.465 e. The molecule has 0 aliphatic heterocycles. The van der Waals surface area contributed by atoms with Crippen LogP contribution in [0.5, 0.6) is 0 Å². The predicted octanol–water partition coefficient (Wildman–Crippen LogP) is 4.54. The molecule has 3 nitrogen and oxygen atoms in total. The summed E-state index contributed by atoms with van der Waals surface area (Å²) in [6.07, 6.45) is 3.40. The molecule has 0 bridgehead atoms. The van der Waals surface area contributed by atoms with Crippen LogP contribution >= 0.6 is 11.3 Å². The van der Waals surface area contributed by atoms with Gasteiger partial charge in [0.15, 0.2) is 0 Å². The number of ether oxygens (including phenoxy) is 1. The smallest absolute Gasteiger partial charge is 0.348 e. The summed E-state index contributed by atoms with van der Waals surface area (Å²) in [5.41, 5.74) is 1.03. The van der Waals surface area contributed by atoms with Gasteiger partial charge in [-0.1, -0.05) is 37.0 Å². The molecular formula is C23H26O3S. The molecule has 4 atom stereocenters. The molecule has 1 aliphatic rings. The van der Waals surface area contributed by atoms with Crippen molar-refractivity contribution in [2.24, 2.45) is 17.8 Å². The summed E-state index contributed by atoms with van der Waals surface area (Å²) in [5.74, 6) is 7.31. The lowest BCUT2D eigenvalue weighted by Crippen LogP contribution is -2.19. The number of aryl methyl sites for hydroxylation is 1. The van der Waals surface area contributed by atoms with Gasteiger partial charge in [-0.25, -0.2) is 4.79 Å². The quantitative estimate of drug-likeness (QED) is 0.610. The molecular weight excluding hydrogens is 356 g/mol. The maximum atomic E-state index is 11.6. The van der Waals surface area contributed by atoms with E-state index in [1.165, 1.54) is 23.3 Å². The predicted molar refractivity (Wildman–Crippen MR) is 109 cm³/mol. The van der Waals surface area contributed by atoms with Gasteiger partial charge in [0.1, 0.15) is 4.88 Å². The number of hydrogen-bond acceptors (Lipinski definition) is 4. The van der Waals surface area contributed by atoms with Crippen molar-refractivity contribution in [2.45, 2.75) is 38.7 Å². The van der Waals surface area contributed by atoms with Crippen LogP contribution in [-0.2, 0) is 11.2 Å². The first-order valence-electron chi connectivity index (χ1n) is 9.50. The van der Waals surface area contributed by atoms with Crippen LogP contribution in [0.1, 0.15) is 46.3 Å². The van der Waals surface area contributed by atoms with Gasteiger partial charge in [-0.15, -0.1) is 11.3 Å². The third kappa shape index (κ3) is 5.00. The normalized spacial score (nSPS) is 24.3. The van der Waals surface area contributed by atoms with E-state index in [1.54, 1.807) is 0 Å². The van der Waals surface area contributed by atoms with E-state index < -0.39 is 0 Å². The zero-order valence-corrected chi connectivity index (χ0v) is 16.7. The lowest BCUT2D eigenvalue weighted by Gasteiger charge is -2.19. The second-order valence-electron chi connectivity index (χ2n) is 7.26. The van der Waals surface area contributed by atoms with Crippen molar-refractivity contribution in [3.63, 3.8) is 0 Å². The van der Waals surface area contributed by atoms with Gasteiger partial charge >= 0.3 is 5.97 Å². The van der Waals surface area contributed by atoms with Gasteiger partial charge in [0.05, 0.1) is 13.2 Å². The molecule has 1 aromatic carbocycles. The highest BCUT2D eigenvalue weighted by Gasteiger charge is 2.38. The number of carbonyl (C=O) groups excluding carboxylic acids is 1. The molecule has 0 radical (unpaired) electrons. The summed E-state index contributed by atoms with van der Waals surface area (Å²) >= 11 is 1.49. The Labute approximate surface area is 165 Å². The summed E-state index contributed by atoms with van der Waals surface area (Å²) in [6, 6.07) is 13.9. The molecule has 3 rings (SSSR count). The minimum atomic E-state index is -0.275. The van der Waals surface area contributed by atoms with Crippen LogP contribution in [-0.4, -0.2) is 24.3 Å². The van der Waals surface area contributed by atoms with Gasteiger partial charge < -0.3 is 9.84 Å².